The smallest absolute Gasteiger partial charge is 0.236 e. The van der Waals surface area contributed by atoms with E-state index in [1.807, 2.05) is 30.9 Å². The number of aromatic nitrogens is 1. The number of para-hydroxylation sites is 1. The molecule has 0 bridgehead atoms. The molecule has 1 saturated heterocycles. The summed E-state index contributed by atoms with van der Waals surface area (Å²) < 4.78 is 56.2. The first kappa shape index (κ1) is 22.5. The van der Waals surface area contributed by atoms with E-state index >= 15 is 0 Å². The van der Waals surface area contributed by atoms with Crippen molar-refractivity contribution in [3.05, 3.63) is 42.5 Å². The van der Waals surface area contributed by atoms with Crippen molar-refractivity contribution in [1.82, 2.24) is 4.98 Å². The van der Waals surface area contributed by atoms with Crippen molar-refractivity contribution in [2.24, 2.45) is 0 Å². The molecule has 3 aromatic rings. The van der Waals surface area contributed by atoms with Crippen LogP contribution >= 0.6 is 0 Å². The van der Waals surface area contributed by atoms with Crippen molar-refractivity contribution in [2.75, 3.05) is 38.3 Å². The summed E-state index contributed by atoms with van der Waals surface area (Å²) in [7, 11) is -2.52. The van der Waals surface area contributed by atoms with Gasteiger partial charge in [-0.2, -0.15) is 4.98 Å². The molecular weight excluding hydrogens is 460 g/mol. The van der Waals surface area contributed by atoms with Crippen LogP contribution in [0.25, 0.3) is 11.5 Å². The van der Waals surface area contributed by atoms with Crippen LogP contribution in [0.2, 0.25) is 0 Å². The van der Waals surface area contributed by atoms with Crippen LogP contribution < -0.4 is 19.1 Å². The molecule has 0 amide bonds. The summed E-state index contributed by atoms with van der Waals surface area (Å²) in [6, 6.07) is 11.7. The number of oxazole rings is 1. The molecule has 2 atom stereocenters. The minimum absolute atomic E-state index is 0.0484. The van der Waals surface area contributed by atoms with Gasteiger partial charge in [0.25, 0.3) is 0 Å². The highest BCUT2D eigenvalue weighted by atomic mass is 32.2. The zero-order chi connectivity index (χ0) is 23.9. The summed E-state index contributed by atoms with van der Waals surface area (Å²) in [6.07, 6.45) is -0.207. The summed E-state index contributed by atoms with van der Waals surface area (Å²) in [4.78, 5) is 6.40. The highest BCUT2D eigenvalue weighted by Crippen LogP contribution is 2.40. The summed E-state index contributed by atoms with van der Waals surface area (Å²) >= 11 is 0. The van der Waals surface area contributed by atoms with E-state index in [0.717, 1.165) is 0 Å². The van der Waals surface area contributed by atoms with Gasteiger partial charge in [0, 0.05) is 19.2 Å². The lowest BCUT2D eigenvalue weighted by Gasteiger charge is -2.35. The molecule has 2 aliphatic heterocycles. The Balaban J connectivity index is 1.65. The fourth-order valence-electron chi connectivity index (χ4n) is 4.26. The van der Waals surface area contributed by atoms with E-state index in [0.29, 0.717) is 49.1 Å². The first-order valence-corrected chi connectivity index (χ1v) is 12.5. The van der Waals surface area contributed by atoms with E-state index in [1.54, 1.807) is 25.3 Å². The van der Waals surface area contributed by atoms with E-state index in [-0.39, 0.29) is 33.9 Å². The number of hydrogen-bond acceptors (Lipinski definition) is 9. The summed E-state index contributed by atoms with van der Waals surface area (Å²) in [5.41, 5.74) is 0.559. The largest absolute Gasteiger partial charge is 0.496 e. The molecule has 0 radical (unpaired) electrons. The minimum atomic E-state index is -4.06. The Morgan fingerprint density at radius 2 is 1.71 bits per heavy atom. The van der Waals surface area contributed by atoms with Crippen molar-refractivity contribution in [3.63, 3.8) is 0 Å². The van der Waals surface area contributed by atoms with E-state index < -0.39 is 9.84 Å². The molecule has 2 unspecified atom stereocenters. The standard InChI is InChI=1S/C24H26N2O7S/c1-15-13-26(14-16(2)32-15)24-23(25-22(33-24)18-6-4-5-7-19(18)29-3)34(27,28)17-8-9-20-21(12-17)31-11-10-30-20/h4-9,12,15-16H,10-11,13-14H2,1-3H3. The average molecular weight is 487 g/mol. The lowest BCUT2D eigenvalue weighted by Crippen LogP contribution is -2.45. The Hall–Kier alpha value is -3.24. The SMILES string of the molecule is COc1ccccc1-c1nc(S(=O)(=O)c2ccc3c(c2)OCCO3)c(N2CC(C)OC(C)C2)o1. The van der Waals surface area contributed by atoms with Gasteiger partial charge in [-0.25, -0.2) is 8.42 Å². The molecule has 180 valence electrons. The van der Waals surface area contributed by atoms with Crippen molar-refractivity contribution in [2.45, 2.75) is 36.0 Å². The third-order valence-electron chi connectivity index (χ3n) is 5.70. The van der Waals surface area contributed by atoms with Crippen molar-refractivity contribution in [3.8, 4) is 28.7 Å². The first-order chi connectivity index (χ1) is 16.4. The van der Waals surface area contributed by atoms with Gasteiger partial charge in [-0.3, -0.25) is 0 Å². The molecule has 0 spiro atoms. The van der Waals surface area contributed by atoms with Crippen LogP contribution in [0.4, 0.5) is 5.88 Å². The van der Waals surface area contributed by atoms with Crippen LogP contribution in [0, 0.1) is 0 Å². The number of morpholine rings is 1. The van der Waals surface area contributed by atoms with Crippen LogP contribution in [0.15, 0.2) is 56.8 Å². The van der Waals surface area contributed by atoms with Crippen molar-refractivity contribution in [1.29, 1.82) is 0 Å². The maximum absolute atomic E-state index is 13.8. The molecular formula is C24H26N2O7S. The molecule has 3 heterocycles. The predicted octanol–water partition coefficient (Wildman–Crippen LogP) is 3.57. The molecule has 1 fully saturated rings. The van der Waals surface area contributed by atoms with E-state index in [4.69, 9.17) is 23.4 Å². The third kappa shape index (κ3) is 4.07. The van der Waals surface area contributed by atoms with Crippen LogP contribution in [0.5, 0.6) is 17.2 Å². The van der Waals surface area contributed by atoms with Gasteiger partial charge in [0.05, 0.1) is 29.8 Å². The summed E-state index contributed by atoms with van der Waals surface area (Å²) in [5.74, 6) is 1.77. The van der Waals surface area contributed by atoms with E-state index in [2.05, 4.69) is 4.98 Å². The quantitative estimate of drug-likeness (QED) is 0.536. The predicted molar refractivity (Wildman–Crippen MR) is 124 cm³/mol. The van der Waals surface area contributed by atoms with Gasteiger partial charge >= 0.3 is 0 Å². The zero-order valence-electron chi connectivity index (χ0n) is 19.2. The molecule has 34 heavy (non-hydrogen) atoms. The van der Waals surface area contributed by atoms with Gasteiger partial charge in [0.1, 0.15) is 19.0 Å². The number of ether oxygens (including phenoxy) is 4. The highest BCUT2D eigenvalue weighted by molar-refractivity contribution is 7.91. The van der Waals surface area contributed by atoms with Gasteiger partial charge in [0.15, 0.2) is 11.5 Å². The third-order valence-corrected chi connectivity index (χ3v) is 7.35. The van der Waals surface area contributed by atoms with E-state index in [9.17, 15) is 8.42 Å². The maximum atomic E-state index is 13.8. The number of anilines is 1. The van der Waals surface area contributed by atoms with E-state index in [1.165, 1.54) is 12.1 Å². The fourth-order valence-corrected chi connectivity index (χ4v) is 5.59. The normalized spacial score (nSPS) is 20.3. The molecule has 5 rings (SSSR count). The van der Waals surface area contributed by atoms with Crippen LogP contribution in [-0.2, 0) is 14.6 Å². The van der Waals surface area contributed by atoms with Crippen molar-refractivity contribution < 1.29 is 31.8 Å². The number of sulfone groups is 1. The van der Waals surface area contributed by atoms with Crippen molar-refractivity contribution >= 4 is 15.7 Å². The second kappa shape index (κ2) is 8.84. The number of benzene rings is 2. The Bertz CT molecular complexity index is 1290. The topological polar surface area (TPSA) is 100 Å². The molecule has 0 aliphatic carbocycles. The molecule has 2 aliphatic rings. The fraction of sp³-hybridized carbons (Fsp3) is 0.375. The monoisotopic (exact) mass is 486 g/mol. The van der Waals surface area contributed by atoms with Crippen LogP contribution in [0.3, 0.4) is 0 Å². The summed E-state index contributed by atoms with van der Waals surface area (Å²) in [5, 5.41) is -0.161. The number of hydrogen-bond donors (Lipinski definition) is 0. The molecule has 1 aromatic heterocycles. The maximum Gasteiger partial charge on any atom is 0.236 e. The van der Waals surface area contributed by atoms with Gasteiger partial charge in [-0.15, -0.1) is 0 Å². The Morgan fingerprint density at radius 1 is 1.00 bits per heavy atom. The number of nitrogens with zero attached hydrogens (tertiary/aromatic N) is 2. The Labute approximate surface area is 198 Å². The lowest BCUT2D eigenvalue weighted by atomic mass is 10.2. The molecule has 10 heteroatoms. The van der Waals surface area contributed by atoms with Crippen LogP contribution in [0.1, 0.15) is 13.8 Å². The highest BCUT2D eigenvalue weighted by Gasteiger charge is 2.35. The molecule has 0 N–H and O–H groups in total. The van der Waals surface area contributed by atoms with Gasteiger partial charge < -0.3 is 28.3 Å². The number of fused-ring (bicyclic) bond motifs is 1. The summed E-state index contributed by atoms with van der Waals surface area (Å²) in [6.45, 7) is 5.59. The minimum Gasteiger partial charge on any atom is -0.496 e. The zero-order valence-corrected chi connectivity index (χ0v) is 20.0. The molecule has 0 saturated carbocycles. The van der Waals surface area contributed by atoms with Gasteiger partial charge in [-0.1, -0.05) is 12.1 Å². The average Bonchev–Trinajstić information content (AvgIpc) is 3.29. The first-order valence-electron chi connectivity index (χ1n) is 11.1. The Morgan fingerprint density at radius 3 is 2.44 bits per heavy atom. The molecule has 9 nitrogen and oxygen atoms in total. The number of methoxy groups -OCH3 is 1. The number of rotatable bonds is 5. The van der Waals surface area contributed by atoms with Crippen LogP contribution in [-0.4, -0.2) is 59.0 Å². The Kier molecular flexibility index (Phi) is 5.86. The second-order valence-electron chi connectivity index (χ2n) is 8.30. The van der Waals surface area contributed by atoms with Gasteiger partial charge in [0.2, 0.25) is 26.6 Å². The lowest BCUT2D eigenvalue weighted by molar-refractivity contribution is -0.00657. The van der Waals surface area contributed by atoms with Gasteiger partial charge in [-0.05, 0) is 38.1 Å². The molecule has 2 aromatic carbocycles. The second-order valence-corrected chi connectivity index (χ2v) is 10.2.